The SMILES string of the molecule is CCOc1ccc(NS(=O)(=O)c2ccc(F)cc2)cc1CO. The van der Waals surface area contributed by atoms with Crippen LogP contribution in [0.15, 0.2) is 47.4 Å². The van der Waals surface area contributed by atoms with Crippen LogP contribution in [-0.4, -0.2) is 20.1 Å². The Balaban J connectivity index is 2.27. The summed E-state index contributed by atoms with van der Waals surface area (Å²) in [6.45, 7) is 1.97. The van der Waals surface area contributed by atoms with Crippen LogP contribution in [-0.2, 0) is 16.6 Å². The Labute approximate surface area is 128 Å². The van der Waals surface area contributed by atoms with Gasteiger partial charge in [-0.05, 0) is 49.4 Å². The number of sulfonamides is 1. The number of nitrogens with one attached hydrogen (secondary N) is 1. The molecule has 7 heteroatoms. The van der Waals surface area contributed by atoms with Crippen molar-refractivity contribution in [3.8, 4) is 5.75 Å². The van der Waals surface area contributed by atoms with E-state index in [4.69, 9.17) is 4.74 Å². The van der Waals surface area contributed by atoms with Crippen LogP contribution in [0.4, 0.5) is 10.1 Å². The molecule has 2 rings (SSSR count). The maximum absolute atomic E-state index is 12.9. The number of aliphatic hydroxyl groups excluding tert-OH is 1. The number of halogens is 1. The molecule has 2 aromatic rings. The molecule has 5 nitrogen and oxygen atoms in total. The van der Waals surface area contributed by atoms with Gasteiger partial charge in [-0.25, -0.2) is 12.8 Å². The summed E-state index contributed by atoms with van der Waals surface area (Å²) >= 11 is 0. The smallest absolute Gasteiger partial charge is 0.261 e. The highest BCUT2D eigenvalue weighted by atomic mass is 32.2. The molecule has 0 saturated carbocycles. The Morgan fingerprint density at radius 3 is 2.45 bits per heavy atom. The van der Waals surface area contributed by atoms with Crippen molar-refractivity contribution in [3.63, 3.8) is 0 Å². The molecule has 0 spiro atoms. The zero-order valence-corrected chi connectivity index (χ0v) is 12.7. The number of ether oxygens (including phenoxy) is 1. The zero-order valence-electron chi connectivity index (χ0n) is 11.9. The standard InChI is InChI=1S/C15H16FNO4S/c1-2-21-15-8-5-13(9-11(15)10-18)17-22(19,20)14-6-3-12(16)4-7-14/h3-9,17-18H,2,10H2,1H3. The fourth-order valence-electron chi connectivity index (χ4n) is 1.89. The maximum Gasteiger partial charge on any atom is 0.261 e. The Morgan fingerprint density at radius 2 is 1.86 bits per heavy atom. The Bertz CT molecular complexity index is 745. The third kappa shape index (κ3) is 3.75. The van der Waals surface area contributed by atoms with Gasteiger partial charge in [0, 0.05) is 11.3 Å². The van der Waals surface area contributed by atoms with Crippen molar-refractivity contribution >= 4 is 15.7 Å². The molecule has 0 heterocycles. The first-order valence-corrected chi connectivity index (χ1v) is 8.09. The highest BCUT2D eigenvalue weighted by Gasteiger charge is 2.15. The minimum Gasteiger partial charge on any atom is -0.494 e. The molecule has 0 unspecified atom stereocenters. The van der Waals surface area contributed by atoms with Gasteiger partial charge in [0.05, 0.1) is 18.1 Å². The van der Waals surface area contributed by atoms with E-state index in [2.05, 4.69) is 4.72 Å². The van der Waals surface area contributed by atoms with Crippen molar-refractivity contribution in [1.29, 1.82) is 0 Å². The monoisotopic (exact) mass is 325 g/mol. The van der Waals surface area contributed by atoms with E-state index < -0.39 is 15.8 Å². The number of hydrogen-bond acceptors (Lipinski definition) is 4. The van der Waals surface area contributed by atoms with Crippen molar-refractivity contribution < 1.29 is 22.7 Å². The third-order valence-corrected chi connectivity index (χ3v) is 4.30. The van der Waals surface area contributed by atoms with Crippen LogP contribution in [0.2, 0.25) is 0 Å². The van der Waals surface area contributed by atoms with Crippen molar-refractivity contribution in [2.75, 3.05) is 11.3 Å². The number of benzene rings is 2. The van der Waals surface area contributed by atoms with Gasteiger partial charge in [0.2, 0.25) is 0 Å². The topological polar surface area (TPSA) is 75.6 Å². The molecule has 2 N–H and O–H groups in total. The largest absolute Gasteiger partial charge is 0.494 e. The molecule has 0 aliphatic heterocycles. The minimum absolute atomic E-state index is 0.0478. The number of aliphatic hydroxyl groups is 1. The lowest BCUT2D eigenvalue weighted by molar-refractivity contribution is 0.267. The van der Waals surface area contributed by atoms with Gasteiger partial charge in [0.25, 0.3) is 10.0 Å². The van der Waals surface area contributed by atoms with Crippen LogP contribution in [0, 0.1) is 5.82 Å². The van der Waals surface area contributed by atoms with Gasteiger partial charge in [0.1, 0.15) is 11.6 Å². The van der Waals surface area contributed by atoms with Crippen LogP contribution in [0.25, 0.3) is 0 Å². The fraction of sp³-hybridized carbons (Fsp3) is 0.200. The Kier molecular flexibility index (Phi) is 4.99. The van der Waals surface area contributed by atoms with E-state index in [1.165, 1.54) is 24.3 Å². The van der Waals surface area contributed by atoms with E-state index in [1.807, 2.05) is 6.92 Å². The van der Waals surface area contributed by atoms with E-state index in [-0.39, 0.29) is 17.2 Å². The lowest BCUT2D eigenvalue weighted by Gasteiger charge is -2.12. The quantitative estimate of drug-likeness (QED) is 0.856. The first-order chi connectivity index (χ1) is 10.5. The highest BCUT2D eigenvalue weighted by molar-refractivity contribution is 7.92. The van der Waals surface area contributed by atoms with Crippen LogP contribution in [0.1, 0.15) is 12.5 Å². The van der Waals surface area contributed by atoms with Crippen LogP contribution in [0.3, 0.4) is 0 Å². The number of anilines is 1. The van der Waals surface area contributed by atoms with E-state index in [0.29, 0.717) is 17.9 Å². The van der Waals surface area contributed by atoms with E-state index in [9.17, 15) is 17.9 Å². The van der Waals surface area contributed by atoms with Gasteiger partial charge in [0.15, 0.2) is 0 Å². The van der Waals surface area contributed by atoms with Gasteiger partial charge in [-0.2, -0.15) is 0 Å². The molecule has 0 fully saturated rings. The number of hydrogen-bond donors (Lipinski definition) is 2. The van der Waals surface area contributed by atoms with Crippen LogP contribution < -0.4 is 9.46 Å². The second-order valence-electron chi connectivity index (χ2n) is 4.47. The molecule has 0 atom stereocenters. The molecule has 118 valence electrons. The maximum atomic E-state index is 12.9. The molecule has 0 radical (unpaired) electrons. The molecule has 0 aliphatic carbocycles. The Morgan fingerprint density at radius 1 is 1.18 bits per heavy atom. The van der Waals surface area contributed by atoms with Gasteiger partial charge >= 0.3 is 0 Å². The van der Waals surface area contributed by atoms with Crippen molar-refractivity contribution in [2.45, 2.75) is 18.4 Å². The van der Waals surface area contributed by atoms with Crippen molar-refractivity contribution in [1.82, 2.24) is 0 Å². The second-order valence-corrected chi connectivity index (χ2v) is 6.16. The molecular formula is C15H16FNO4S. The summed E-state index contributed by atoms with van der Waals surface area (Å²) in [7, 11) is -3.82. The summed E-state index contributed by atoms with van der Waals surface area (Å²) in [6.07, 6.45) is 0. The predicted octanol–water partition coefficient (Wildman–Crippen LogP) is 2.52. The van der Waals surface area contributed by atoms with Gasteiger partial charge in [-0.3, -0.25) is 4.72 Å². The first kappa shape index (κ1) is 16.3. The molecular weight excluding hydrogens is 309 g/mol. The summed E-state index contributed by atoms with van der Waals surface area (Å²) in [4.78, 5) is -0.0478. The lowest BCUT2D eigenvalue weighted by Crippen LogP contribution is -2.13. The molecule has 0 saturated heterocycles. The predicted molar refractivity (Wildman–Crippen MR) is 80.7 cm³/mol. The highest BCUT2D eigenvalue weighted by Crippen LogP contribution is 2.25. The molecule has 0 bridgehead atoms. The molecule has 22 heavy (non-hydrogen) atoms. The van der Waals surface area contributed by atoms with Crippen LogP contribution in [0.5, 0.6) is 5.75 Å². The molecule has 0 aliphatic rings. The first-order valence-electron chi connectivity index (χ1n) is 6.61. The van der Waals surface area contributed by atoms with Gasteiger partial charge in [-0.1, -0.05) is 0 Å². The Hall–Kier alpha value is -2.12. The fourth-order valence-corrected chi connectivity index (χ4v) is 2.94. The second kappa shape index (κ2) is 6.76. The summed E-state index contributed by atoms with van der Waals surface area (Å²) in [5.41, 5.74) is 0.762. The van der Waals surface area contributed by atoms with Crippen molar-refractivity contribution in [3.05, 3.63) is 53.8 Å². The summed E-state index contributed by atoms with van der Waals surface area (Å²) in [5, 5.41) is 9.32. The van der Waals surface area contributed by atoms with Crippen LogP contribution >= 0.6 is 0 Å². The average Bonchev–Trinajstić information content (AvgIpc) is 2.49. The number of rotatable bonds is 6. The summed E-state index contributed by atoms with van der Waals surface area (Å²) in [5.74, 6) is -0.0164. The van der Waals surface area contributed by atoms with Gasteiger partial charge < -0.3 is 9.84 Å². The average molecular weight is 325 g/mol. The summed E-state index contributed by atoms with van der Waals surface area (Å²) in [6, 6.07) is 9.12. The minimum atomic E-state index is -3.82. The molecule has 0 amide bonds. The third-order valence-electron chi connectivity index (χ3n) is 2.91. The normalized spacial score (nSPS) is 11.2. The van der Waals surface area contributed by atoms with Gasteiger partial charge in [-0.15, -0.1) is 0 Å². The van der Waals surface area contributed by atoms with E-state index >= 15 is 0 Å². The van der Waals surface area contributed by atoms with E-state index in [0.717, 1.165) is 12.1 Å². The molecule has 0 aromatic heterocycles. The molecule has 2 aromatic carbocycles. The van der Waals surface area contributed by atoms with Crippen molar-refractivity contribution in [2.24, 2.45) is 0 Å². The lowest BCUT2D eigenvalue weighted by atomic mass is 10.2. The van der Waals surface area contributed by atoms with E-state index in [1.54, 1.807) is 6.07 Å². The zero-order chi connectivity index (χ0) is 16.2. The summed E-state index contributed by atoms with van der Waals surface area (Å²) < 4.78 is 45.0.